The van der Waals surface area contributed by atoms with Crippen molar-refractivity contribution in [2.45, 2.75) is 38.1 Å². The molecule has 0 bridgehead atoms. The van der Waals surface area contributed by atoms with E-state index in [0.717, 1.165) is 18.8 Å². The van der Waals surface area contributed by atoms with Gasteiger partial charge in [0.1, 0.15) is 0 Å². The Morgan fingerprint density at radius 1 is 1.21 bits per heavy atom. The topological polar surface area (TPSA) is 26.0 Å². The van der Waals surface area contributed by atoms with Crippen LogP contribution >= 0.6 is 0 Å². The van der Waals surface area contributed by atoms with Crippen molar-refractivity contribution in [2.75, 3.05) is 0 Å². The summed E-state index contributed by atoms with van der Waals surface area (Å²) in [6.45, 7) is 0. The van der Waals surface area contributed by atoms with Gasteiger partial charge in [-0.15, -0.1) is 0 Å². The van der Waals surface area contributed by atoms with Crippen LogP contribution in [0.2, 0.25) is 0 Å². The summed E-state index contributed by atoms with van der Waals surface area (Å²) in [6.07, 6.45) is 6.39. The highest BCUT2D eigenvalue weighted by molar-refractivity contribution is 5.14. The maximum absolute atomic E-state index is 6.13. The van der Waals surface area contributed by atoms with Crippen molar-refractivity contribution in [3.8, 4) is 0 Å². The van der Waals surface area contributed by atoms with Crippen LogP contribution in [0, 0.1) is 5.92 Å². The van der Waals surface area contributed by atoms with Crippen molar-refractivity contribution in [3.63, 3.8) is 0 Å². The van der Waals surface area contributed by atoms with Gasteiger partial charge >= 0.3 is 0 Å². The molecule has 0 aromatic heterocycles. The monoisotopic (exact) mass is 189 g/mol. The van der Waals surface area contributed by atoms with Crippen molar-refractivity contribution in [1.29, 1.82) is 0 Å². The largest absolute Gasteiger partial charge is 0.327 e. The van der Waals surface area contributed by atoms with Crippen molar-refractivity contribution < 1.29 is 0 Å². The number of hydrogen-bond donors (Lipinski definition) is 1. The van der Waals surface area contributed by atoms with Crippen LogP contribution in [-0.4, -0.2) is 6.04 Å². The van der Waals surface area contributed by atoms with Gasteiger partial charge < -0.3 is 5.73 Å². The summed E-state index contributed by atoms with van der Waals surface area (Å²) in [5.41, 5.74) is 7.55. The van der Waals surface area contributed by atoms with Crippen LogP contribution in [-0.2, 0) is 6.42 Å². The van der Waals surface area contributed by atoms with E-state index in [1.807, 2.05) is 0 Å². The number of rotatable bonds is 4. The lowest BCUT2D eigenvalue weighted by atomic mass is 9.78. The first kappa shape index (κ1) is 9.72. The molecule has 1 saturated carbocycles. The molecule has 0 aliphatic heterocycles. The van der Waals surface area contributed by atoms with Crippen molar-refractivity contribution in [2.24, 2.45) is 11.7 Å². The van der Waals surface area contributed by atoms with Crippen LogP contribution in [0.1, 0.15) is 31.2 Å². The summed E-state index contributed by atoms with van der Waals surface area (Å²) >= 11 is 0. The SMILES string of the molecule is N[C@H](CCc1ccccc1)C1CCC1. The molecule has 0 heterocycles. The van der Waals surface area contributed by atoms with Crippen molar-refractivity contribution in [1.82, 2.24) is 0 Å². The van der Waals surface area contributed by atoms with Crippen LogP contribution in [0.4, 0.5) is 0 Å². The fourth-order valence-corrected chi connectivity index (χ4v) is 2.08. The molecule has 0 unspecified atom stereocenters. The summed E-state index contributed by atoms with van der Waals surface area (Å²) in [4.78, 5) is 0. The van der Waals surface area contributed by atoms with Crippen molar-refractivity contribution >= 4 is 0 Å². The normalized spacial score (nSPS) is 18.9. The van der Waals surface area contributed by atoms with Gasteiger partial charge in [0.15, 0.2) is 0 Å². The van der Waals surface area contributed by atoms with Gasteiger partial charge in [0, 0.05) is 6.04 Å². The standard InChI is InChI=1S/C13H19N/c14-13(12-7-4-8-12)10-9-11-5-2-1-3-6-11/h1-3,5-6,12-13H,4,7-10,14H2/t13-/m1/s1. The molecule has 1 atom stereocenters. The van der Waals surface area contributed by atoms with Gasteiger partial charge in [0.25, 0.3) is 0 Å². The molecule has 1 heteroatoms. The molecule has 2 rings (SSSR count). The Kier molecular flexibility index (Phi) is 3.20. The molecule has 0 spiro atoms. The Labute approximate surface area is 86.3 Å². The first-order valence-electron chi connectivity index (χ1n) is 5.66. The van der Waals surface area contributed by atoms with Crippen LogP contribution < -0.4 is 5.73 Å². The molecule has 1 aromatic rings. The van der Waals surface area contributed by atoms with E-state index in [9.17, 15) is 0 Å². The Morgan fingerprint density at radius 3 is 2.50 bits per heavy atom. The molecule has 1 fully saturated rings. The highest BCUT2D eigenvalue weighted by Crippen LogP contribution is 2.30. The molecule has 0 amide bonds. The van der Waals surface area contributed by atoms with Gasteiger partial charge in [-0.2, -0.15) is 0 Å². The predicted octanol–water partition coefficient (Wildman–Crippen LogP) is 2.75. The summed E-state index contributed by atoms with van der Waals surface area (Å²) in [6, 6.07) is 11.1. The second kappa shape index (κ2) is 4.61. The van der Waals surface area contributed by atoms with Crippen LogP contribution in [0.5, 0.6) is 0 Å². The quantitative estimate of drug-likeness (QED) is 0.774. The van der Waals surface area contributed by atoms with E-state index >= 15 is 0 Å². The van der Waals surface area contributed by atoms with Crippen LogP contribution in [0.15, 0.2) is 30.3 Å². The maximum atomic E-state index is 6.13. The van der Waals surface area contributed by atoms with E-state index in [4.69, 9.17) is 5.73 Å². The molecular weight excluding hydrogens is 170 g/mol. The molecule has 14 heavy (non-hydrogen) atoms. The first-order valence-corrected chi connectivity index (χ1v) is 5.66. The Bertz CT molecular complexity index is 264. The predicted molar refractivity (Wildman–Crippen MR) is 60.1 cm³/mol. The average molecular weight is 189 g/mol. The number of benzene rings is 1. The highest BCUT2D eigenvalue weighted by Gasteiger charge is 2.23. The number of nitrogens with two attached hydrogens (primary N) is 1. The fourth-order valence-electron chi connectivity index (χ4n) is 2.08. The zero-order valence-electron chi connectivity index (χ0n) is 8.65. The third-order valence-electron chi connectivity index (χ3n) is 3.36. The summed E-state index contributed by atoms with van der Waals surface area (Å²) in [7, 11) is 0. The molecule has 1 aliphatic carbocycles. The molecule has 2 N–H and O–H groups in total. The number of aryl methyl sites for hydroxylation is 1. The summed E-state index contributed by atoms with van der Waals surface area (Å²) in [5, 5.41) is 0. The molecule has 76 valence electrons. The van der Waals surface area contributed by atoms with E-state index in [-0.39, 0.29) is 0 Å². The molecule has 1 aliphatic rings. The second-order valence-corrected chi connectivity index (χ2v) is 4.38. The van der Waals surface area contributed by atoms with Gasteiger partial charge in [-0.05, 0) is 37.2 Å². The van der Waals surface area contributed by atoms with Gasteiger partial charge in [0.2, 0.25) is 0 Å². The zero-order chi connectivity index (χ0) is 9.80. The minimum Gasteiger partial charge on any atom is -0.327 e. The second-order valence-electron chi connectivity index (χ2n) is 4.38. The first-order chi connectivity index (χ1) is 6.86. The minimum atomic E-state index is 0.434. The third kappa shape index (κ3) is 2.36. The van der Waals surface area contributed by atoms with E-state index in [0.29, 0.717) is 6.04 Å². The van der Waals surface area contributed by atoms with E-state index in [1.165, 1.54) is 24.8 Å². The van der Waals surface area contributed by atoms with Gasteiger partial charge in [-0.1, -0.05) is 36.8 Å². The highest BCUT2D eigenvalue weighted by atomic mass is 14.7. The lowest BCUT2D eigenvalue weighted by Crippen LogP contribution is -2.34. The van der Waals surface area contributed by atoms with Crippen LogP contribution in [0.3, 0.4) is 0 Å². The lowest BCUT2D eigenvalue weighted by Gasteiger charge is -2.31. The van der Waals surface area contributed by atoms with E-state index < -0.39 is 0 Å². The minimum absolute atomic E-state index is 0.434. The Morgan fingerprint density at radius 2 is 1.93 bits per heavy atom. The van der Waals surface area contributed by atoms with Crippen molar-refractivity contribution in [3.05, 3.63) is 35.9 Å². The number of hydrogen-bond acceptors (Lipinski definition) is 1. The van der Waals surface area contributed by atoms with Gasteiger partial charge in [-0.3, -0.25) is 0 Å². The smallest absolute Gasteiger partial charge is 0.00703 e. The molecule has 0 saturated heterocycles. The molecule has 0 radical (unpaired) electrons. The van der Waals surface area contributed by atoms with E-state index in [1.54, 1.807) is 0 Å². The average Bonchev–Trinajstić information content (AvgIpc) is 2.14. The Balaban J connectivity index is 1.76. The third-order valence-corrected chi connectivity index (χ3v) is 3.36. The van der Waals surface area contributed by atoms with Crippen LogP contribution in [0.25, 0.3) is 0 Å². The fraction of sp³-hybridized carbons (Fsp3) is 0.538. The summed E-state index contributed by atoms with van der Waals surface area (Å²) < 4.78 is 0. The van der Waals surface area contributed by atoms with Gasteiger partial charge in [-0.25, -0.2) is 0 Å². The molecule has 1 nitrogen and oxygen atoms in total. The van der Waals surface area contributed by atoms with Gasteiger partial charge in [0.05, 0.1) is 0 Å². The molecule has 1 aromatic carbocycles. The Hall–Kier alpha value is -0.820. The summed E-state index contributed by atoms with van der Waals surface area (Å²) in [5.74, 6) is 0.818. The molecular formula is C13H19N. The zero-order valence-corrected chi connectivity index (χ0v) is 8.65. The van der Waals surface area contributed by atoms with E-state index in [2.05, 4.69) is 30.3 Å². The maximum Gasteiger partial charge on any atom is 0.00703 e. The lowest BCUT2D eigenvalue weighted by molar-refractivity contribution is 0.253.